The Kier molecular flexibility index (Phi) is 5.19. The minimum Gasteiger partial charge on any atom is -0.207 e. The molecule has 1 heterocycles. The average Bonchev–Trinajstić information content (AvgIpc) is 2.82. The third-order valence-corrected chi connectivity index (χ3v) is 6.14. The molecule has 19 heavy (non-hydrogen) atoms. The molecule has 0 aliphatic carbocycles. The number of hydrogen-bond acceptors (Lipinski definition) is 3. The SMILES string of the molecule is O=S(=O)(NCc1ccc(Br)s1)c1ccc(CBr)cc1. The maximum Gasteiger partial charge on any atom is 0.240 e. The van der Waals surface area contributed by atoms with E-state index in [1.807, 2.05) is 12.1 Å². The molecule has 0 fully saturated rings. The van der Waals surface area contributed by atoms with Gasteiger partial charge in [0, 0.05) is 16.8 Å². The molecule has 102 valence electrons. The number of alkyl halides is 1. The van der Waals surface area contributed by atoms with Gasteiger partial charge in [0.1, 0.15) is 0 Å². The van der Waals surface area contributed by atoms with E-state index in [9.17, 15) is 8.42 Å². The Balaban J connectivity index is 2.09. The van der Waals surface area contributed by atoms with Crippen molar-refractivity contribution in [2.45, 2.75) is 16.8 Å². The van der Waals surface area contributed by atoms with Crippen molar-refractivity contribution in [3.63, 3.8) is 0 Å². The standard InChI is InChI=1S/C12H11Br2NO2S2/c13-7-9-1-4-11(5-2-9)19(16,17)15-8-10-3-6-12(14)18-10/h1-6,15H,7-8H2. The van der Waals surface area contributed by atoms with Crippen molar-refractivity contribution >= 4 is 53.2 Å². The molecule has 0 amide bonds. The second kappa shape index (κ2) is 6.49. The van der Waals surface area contributed by atoms with Crippen molar-refractivity contribution in [1.29, 1.82) is 0 Å². The summed E-state index contributed by atoms with van der Waals surface area (Å²) in [6, 6.07) is 10.6. The molecule has 1 aromatic carbocycles. The number of thiophene rings is 1. The van der Waals surface area contributed by atoms with E-state index in [4.69, 9.17) is 0 Å². The summed E-state index contributed by atoms with van der Waals surface area (Å²) in [5.41, 5.74) is 1.04. The number of sulfonamides is 1. The summed E-state index contributed by atoms with van der Waals surface area (Å²) in [7, 11) is -3.45. The van der Waals surface area contributed by atoms with Gasteiger partial charge in [0.15, 0.2) is 0 Å². The minimum absolute atomic E-state index is 0.285. The van der Waals surface area contributed by atoms with Crippen molar-refractivity contribution in [2.75, 3.05) is 0 Å². The zero-order valence-electron chi connectivity index (χ0n) is 9.77. The van der Waals surface area contributed by atoms with Gasteiger partial charge in [-0.2, -0.15) is 0 Å². The Labute approximate surface area is 133 Å². The van der Waals surface area contributed by atoms with Gasteiger partial charge in [0.25, 0.3) is 0 Å². The van der Waals surface area contributed by atoms with Crippen LogP contribution in [0.1, 0.15) is 10.4 Å². The second-order valence-electron chi connectivity index (χ2n) is 3.81. The van der Waals surface area contributed by atoms with Gasteiger partial charge in [-0.3, -0.25) is 0 Å². The molecule has 0 aliphatic rings. The lowest BCUT2D eigenvalue weighted by Gasteiger charge is -2.06. The number of hydrogen-bond donors (Lipinski definition) is 1. The molecule has 1 N–H and O–H groups in total. The van der Waals surface area contributed by atoms with Crippen LogP contribution >= 0.6 is 43.2 Å². The lowest BCUT2D eigenvalue weighted by atomic mass is 10.2. The zero-order valence-corrected chi connectivity index (χ0v) is 14.6. The van der Waals surface area contributed by atoms with Crippen LogP contribution in [0.4, 0.5) is 0 Å². The van der Waals surface area contributed by atoms with E-state index in [-0.39, 0.29) is 4.90 Å². The first-order chi connectivity index (χ1) is 9.01. The topological polar surface area (TPSA) is 46.2 Å². The summed E-state index contributed by atoms with van der Waals surface area (Å²) >= 11 is 8.19. The third kappa shape index (κ3) is 4.13. The highest BCUT2D eigenvalue weighted by molar-refractivity contribution is 9.11. The Hall–Kier alpha value is -0.210. The van der Waals surface area contributed by atoms with Crippen LogP contribution in [-0.2, 0) is 21.9 Å². The van der Waals surface area contributed by atoms with Crippen LogP contribution in [0, 0.1) is 0 Å². The van der Waals surface area contributed by atoms with Crippen LogP contribution in [0.15, 0.2) is 45.1 Å². The quantitative estimate of drug-likeness (QED) is 0.740. The highest BCUT2D eigenvalue weighted by atomic mass is 79.9. The summed E-state index contributed by atoms with van der Waals surface area (Å²) in [5.74, 6) is 0. The first-order valence-electron chi connectivity index (χ1n) is 5.40. The number of nitrogens with one attached hydrogen (secondary N) is 1. The molecule has 0 atom stereocenters. The fourth-order valence-corrected chi connectivity index (χ4v) is 4.35. The number of halogens is 2. The van der Waals surface area contributed by atoms with Crippen molar-refractivity contribution in [2.24, 2.45) is 0 Å². The lowest BCUT2D eigenvalue weighted by Crippen LogP contribution is -2.22. The predicted molar refractivity (Wildman–Crippen MR) is 85.1 cm³/mol. The van der Waals surface area contributed by atoms with Crippen molar-refractivity contribution in [3.8, 4) is 0 Å². The van der Waals surface area contributed by atoms with Crippen LogP contribution in [0.25, 0.3) is 0 Å². The predicted octanol–water partition coefficient (Wildman–Crippen LogP) is 3.88. The van der Waals surface area contributed by atoms with E-state index in [1.54, 1.807) is 24.3 Å². The van der Waals surface area contributed by atoms with Gasteiger partial charge in [-0.25, -0.2) is 13.1 Å². The first-order valence-corrected chi connectivity index (χ1v) is 9.61. The summed E-state index contributed by atoms with van der Waals surface area (Å²) in [6.45, 7) is 0.304. The van der Waals surface area contributed by atoms with Crippen LogP contribution < -0.4 is 4.72 Å². The first kappa shape index (κ1) is 15.2. The molecule has 0 aliphatic heterocycles. The van der Waals surface area contributed by atoms with E-state index in [2.05, 4.69) is 36.6 Å². The highest BCUT2D eigenvalue weighted by Gasteiger charge is 2.13. The van der Waals surface area contributed by atoms with Gasteiger partial charge in [-0.05, 0) is 45.8 Å². The molecule has 2 rings (SSSR count). The summed E-state index contributed by atoms with van der Waals surface area (Å²) in [5, 5.41) is 0.712. The van der Waals surface area contributed by atoms with E-state index in [0.29, 0.717) is 11.9 Å². The Bertz CT molecular complexity index is 651. The van der Waals surface area contributed by atoms with Gasteiger partial charge in [0.2, 0.25) is 10.0 Å². The van der Waals surface area contributed by atoms with Crippen molar-refractivity contribution < 1.29 is 8.42 Å². The molecule has 2 aromatic rings. The molecule has 0 saturated carbocycles. The van der Waals surface area contributed by atoms with Gasteiger partial charge in [-0.15, -0.1) is 11.3 Å². The minimum atomic E-state index is -3.45. The molecule has 0 bridgehead atoms. The normalized spacial score (nSPS) is 11.7. The largest absolute Gasteiger partial charge is 0.240 e. The Morgan fingerprint density at radius 1 is 1.11 bits per heavy atom. The van der Waals surface area contributed by atoms with Crippen molar-refractivity contribution in [1.82, 2.24) is 4.72 Å². The van der Waals surface area contributed by atoms with Gasteiger partial charge in [-0.1, -0.05) is 28.1 Å². The number of benzene rings is 1. The molecule has 1 aromatic heterocycles. The van der Waals surface area contributed by atoms with Crippen LogP contribution in [0.2, 0.25) is 0 Å². The van der Waals surface area contributed by atoms with E-state index in [0.717, 1.165) is 14.2 Å². The van der Waals surface area contributed by atoms with Crippen molar-refractivity contribution in [3.05, 3.63) is 50.6 Å². The molecule has 0 spiro atoms. The number of rotatable bonds is 5. The highest BCUT2D eigenvalue weighted by Crippen LogP contribution is 2.22. The molecular weight excluding hydrogens is 414 g/mol. The smallest absolute Gasteiger partial charge is 0.207 e. The van der Waals surface area contributed by atoms with Gasteiger partial charge in [0.05, 0.1) is 8.68 Å². The zero-order chi connectivity index (χ0) is 13.9. The lowest BCUT2D eigenvalue weighted by molar-refractivity contribution is 0.582. The third-order valence-electron chi connectivity index (χ3n) is 2.45. The molecule has 3 nitrogen and oxygen atoms in total. The Morgan fingerprint density at radius 3 is 2.32 bits per heavy atom. The Morgan fingerprint density at radius 2 is 1.79 bits per heavy atom. The van der Waals surface area contributed by atoms with Gasteiger partial charge < -0.3 is 0 Å². The summed E-state index contributed by atoms with van der Waals surface area (Å²) < 4.78 is 27.7. The summed E-state index contributed by atoms with van der Waals surface area (Å²) in [6.07, 6.45) is 0. The fourth-order valence-electron chi connectivity index (χ4n) is 1.45. The molecule has 7 heteroatoms. The van der Waals surface area contributed by atoms with Gasteiger partial charge >= 0.3 is 0 Å². The molecule has 0 radical (unpaired) electrons. The van der Waals surface area contributed by atoms with Crippen LogP contribution in [0.3, 0.4) is 0 Å². The monoisotopic (exact) mass is 423 g/mol. The molecule has 0 saturated heterocycles. The average molecular weight is 425 g/mol. The van der Waals surface area contributed by atoms with E-state index >= 15 is 0 Å². The van der Waals surface area contributed by atoms with E-state index < -0.39 is 10.0 Å². The van der Waals surface area contributed by atoms with E-state index in [1.165, 1.54) is 11.3 Å². The summed E-state index contributed by atoms with van der Waals surface area (Å²) in [4.78, 5) is 1.25. The second-order valence-corrected chi connectivity index (χ2v) is 8.68. The maximum absolute atomic E-state index is 12.1. The maximum atomic E-state index is 12.1. The fraction of sp³-hybridized carbons (Fsp3) is 0.167. The van der Waals surface area contributed by atoms with Crippen LogP contribution in [-0.4, -0.2) is 8.42 Å². The molecular formula is C12H11Br2NO2S2. The molecule has 0 unspecified atom stereocenters. The van der Waals surface area contributed by atoms with Crippen LogP contribution in [0.5, 0.6) is 0 Å².